The van der Waals surface area contributed by atoms with Crippen molar-refractivity contribution in [3.63, 3.8) is 0 Å². The second kappa shape index (κ2) is 3.41. The van der Waals surface area contributed by atoms with E-state index < -0.39 is 36.3 Å². The Morgan fingerprint density at radius 2 is 1.64 bits per heavy atom. The zero-order valence-electron chi connectivity index (χ0n) is 8.08. The van der Waals surface area contributed by atoms with Gasteiger partial charge in [-0.25, -0.2) is 0 Å². The smallest absolute Gasteiger partial charge is 0.192 e. The largest absolute Gasteiger partial charge is 0.394 e. The molecular formula is C8H16O6. The van der Waals surface area contributed by atoms with Crippen molar-refractivity contribution in [2.24, 2.45) is 0 Å². The molecule has 6 heteroatoms. The Morgan fingerprint density at radius 3 is 2.07 bits per heavy atom. The molecule has 5 N–H and O–H groups in total. The van der Waals surface area contributed by atoms with Gasteiger partial charge in [0.15, 0.2) is 5.79 Å². The highest BCUT2D eigenvalue weighted by molar-refractivity contribution is 5.01. The van der Waals surface area contributed by atoms with Gasteiger partial charge in [0.25, 0.3) is 0 Å². The van der Waals surface area contributed by atoms with E-state index in [2.05, 4.69) is 0 Å². The number of aliphatic hydroxyl groups is 5. The van der Waals surface area contributed by atoms with E-state index in [9.17, 15) is 20.4 Å². The van der Waals surface area contributed by atoms with Crippen LogP contribution in [0.3, 0.4) is 0 Å². The maximum Gasteiger partial charge on any atom is 0.192 e. The molecule has 6 nitrogen and oxygen atoms in total. The van der Waals surface area contributed by atoms with Crippen LogP contribution in [0.2, 0.25) is 0 Å². The molecule has 0 aliphatic carbocycles. The maximum absolute atomic E-state index is 9.70. The van der Waals surface area contributed by atoms with Crippen molar-refractivity contribution >= 4 is 0 Å². The third kappa shape index (κ3) is 1.65. The maximum atomic E-state index is 9.70. The summed E-state index contributed by atoms with van der Waals surface area (Å²) in [5.41, 5.74) is -1.80. The van der Waals surface area contributed by atoms with Crippen molar-refractivity contribution in [3.8, 4) is 0 Å². The Morgan fingerprint density at radius 1 is 1.14 bits per heavy atom. The molecule has 1 aliphatic rings. The topological polar surface area (TPSA) is 110 Å². The Hall–Kier alpha value is -0.240. The van der Waals surface area contributed by atoms with Crippen molar-refractivity contribution in [2.75, 3.05) is 6.61 Å². The summed E-state index contributed by atoms with van der Waals surface area (Å²) in [7, 11) is 0. The van der Waals surface area contributed by atoms with Gasteiger partial charge in [0.2, 0.25) is 0 Å². The van der Waals surface area contributed by atoms with E-state index in [0.717, 1.165) is 6.92 Å². The van der Waals surface area contributed by atoms with Crippen molar-refractivity contribution in [1.82, 2.24) is 0 Å². The van der Waals surface area contributed by atoms with E-state index in [-0.39, 0.29) is 0 Å². The number of hydrogen-bond acceptors (Lipinski definition) is 6. The summed E-state index contributed by atoms with van der Waals surface area (Å²) in [6.45, 7) is 1.81. The standard InChI is InChI=1S/C8H16O6/c1-7(12)4(3-9)14-8(2,13)6(11)5(7)10/h4-6,9-13H,3H2,1-2H3. The first kappa shape index (κ1) is 11.8. The number of ether oxygens (including phenoxy) is 1. The molecule has 0 bridgehead atoms. The van der Waals surface area contributed by atoms with E-state index in [4.69, 9.17) is 9.84 Å². The quantitative estimate of drug-likeness (QED) is 0.327. The van der Waals surface area contributed by atoms with Crippen LogP contribution in [0.25, 0.3) is 0 Å². The van der Waals surface area contributed by atoms with Crippen molar-refractivity contribution in [1.29, 1.82) is 0 Å². The third-order valence-corrected chi connectivity index (χ3v) is 2.65. The first-order chi connectivity index (χ1) is 6.23. The zero-order chi connectivity index (χ0) is 11.1. The Bertz CT molecular complexity index is 210. The zero-order valence-corrected chi connectivity index (χ0v) is 8.08. The molecule has 0 aromatic rings. The molecule has 14 heavy (non-hydrogen) atoms. The minimum atomic E-state index is -1.98. The van der Waals surface area contributed by atoms with Crippen LogP contribution < -0.4 is 0 Å². The molecule has 1 rings (SSSR count). The lowest BCUT2D eigenvalue weighted by Crippen LogP contribution is -2.69. The highest BCUT2D eigenvalue weighted by Crippen LogP contribution is 2.33. The molecule has 0 amide bonds. The monoisotopic (exact) mass is 208 g/mol. The number of aliphatic hydroxyl groups excluding tert-OH is 3. The number of hydrogen-bond donors (Lipinski definition) is 5. The molecule has 0 spiro atoms. The van der Waals surface area contributed by atoms with E-state index in [1.54, 1.807) is 0 Å². The van der Waals surface area contributed by atoms with Gasteiger partial charge in [0, 0.05) is 0 Å². The lowest BCUT2D eigenvalue weighted by molar-refractivity contribution is -0.363. The van der Waals surface area contributed by atoms with Gasteiger partial charge < -0.3 is 30.3 Å². The summed E-state index contributed by atoms with van der Waals surface area (Å²) in [4.78, 5) is 0. The molecule has 1 heterocycles. The fraction of sp³-hybridized carbons (Fsp3) is 1.00. The van der Waals surface area contributed by atoms with Gasteiger partial charge >= 0.3 is 0 Å². The second-order valence-electron chi connectivity index (χ2n) is 3.96. The normalized spacial score (nSPS) is 54.6. The molecule has 0 aromatic carbocycles. The molecule has 1 aliphatic heterocycles. The van der Waals surface area contributed by atoms with Gasteiger partial charge in [-0.3, -0.25) is 0 Å². The summed E-state index contributed by atoms with van der Waals surface area (Å²) < 4.78 is 4.87. The molecule has 5 unspecified atom stereocenters. The summed E-state index contributed by atoms with van der Waals surface area (Å²) in [5.74, 6) is -1.98. The lowest BCUT2D eigenvalue weighted by atomic mass is 9.83. The molecule has 1 fully saturated rings. The van der Waals surface area contributed by atoms with Crippen LogP contribution in [0.5, 0.6) is 0 Å². The first-order valence-corrected chi connectivity index (χ1v) is 4.33. The first-order valence-electron chi connectivity index (χ1n) is 4.33. The van der Waals surface area contributed by atoms with Crippen molar-refractivity contribution < 1.29 is 30.3 Å². The third-order valence-electron chi connectivity index (χ3n) is 2.65. The fourth-order valence-electron chi connectivity index (χ4n) is 1.50. The minimum absolute atomic E-state index is 0.563. The van der Waals surface area contributed by atoms with Gasteiger partial charge in [-0.05, 0) is 13.8 Å². The van der Waals surface area contributed by atoms with E-state index in [0.29, 0.717) is 0 Å². The SMILES string of the molecule is CC1(O)OC(CO)C(C)(O)C(O)C1O. The fourth-order valence-corrected chi connectivity index (χ4v) is 1.50. The van der Waals surface area contributed by atoms with Crippen LogP contribution in [-0.2, 0) is 4.74 Å². The Balaban J connectivity index is 2.95. The highest BCUT2D eigenvalue weighted by atomic mass is 16.7. The van der Waals surface area contributed by atoms with Crippen LogP contribution in [-0.4, -0.2) is 61.8 Å². The van der Waals surface area contributed by atoms with Gasteiger partial charge in [0.1, 0.15) is 23.9 Å². The van der Waals surface area contributed by atoms with Crippen molar-refractivity contribution in [3.05, 3.63) is 0 Å². The van der Waals surface area contributed by atoms with Gasteiger partial charge in [0.05, 0.1) is 6.61 Å². The minimum Gasteiger partial charge on any atom is -0.394 e. The van der Waals surface area contributed by atoms with Gasteiger partial charge in [-0.1, -0.05) is 0 Å². The van der Waals surface area contributed by atoms with E-state index in [1.165, 1.54) is 6.92 Å². The molecule has 84 valence electrons. The summed E-state index contributed by atoms with van der Waals surface area (Å²) >= 11 is 0. The molecular weight excluding hydrogens is 192 g/mol. The predicted molar refractivity (Wildman–Crippen MR) is 45.2 cm³/mol. The Kier molecular flexibility index (Phi) is 2.88. The average Bonchev–Trinajstić information content (AvgIpc) is 2.09. The summed E-state index contributed by atoms with van der Waals surface area (Å²) in [6.07, 6.45) is -4.35. The van der Waals surface area contributed by atoms with E-state index >= 15 is 0 Å². The van der Waals surface area contributed by atoms with Gasteiger partial charge in [-0.2, -0.15) is 0 Å². The van der Waals surface area contributed by atoms with Crippen LogP contribution in [0.1, 0.15) is 13.8 Å². The average molecular weight is 208 g/mol. The molecule has 5 atom stereocenters. The van der Waals surface area contributed by atoms with Crippen LogP contribution in [0, 0.1) is 0 Å². The Labute approximate surface area is 81.4 Å². The summed E-state index contributed by atoms with van der Waals surface area (Å²) in [6, 6.07) is 0. The highest BCUT2D eigenvalue weighted by Gasteiger charge is 2.56. The molecule has 0 saturated carbocycles. The van der Waals surface area contributed by atoms with Crippen LogP contribution >= 0.6 is 0 Å². The van der Waals surface area contributed by atoms with E-state index in [1.807, 2.05) is 0 Å². The lowest BCUT2D eigenvalue weighted by Gasteiger charge is -2.49. The molecule has 0 radical (unpaired) electrons. The van der Waals surface area contributed by atoms with Crippen LogP contribution in [0.4, 0.5) is 0 Å². The number of rotatable bonds is 1. The predicted octanol–water partition coefficient (Wildman–Crippen LogP) is -2.44. The molecule has 1 saturated heterocycles. The second-order valence-corrected chi connectivity index (χ2v) is 3.96. The van der Waals surface area contributed by atoms with Crippen molar-refractivity contribution in [2.45, 2.75) is 43.5 Å². The van der Waals surface area contributed by atoms with Crippen LogP contribution in [0.15, 0.2) is 0 Å². The summed E-state index contributed by atoms with van der Waals surface area (Å²) in [5, 5.41) is 46.9. The van der Waals surface area contributed by atoms with Gasteiger partial charge in [-0.15, -0.1) is 0 Å². The molecule has 0 aromatic heterocycles.